The van der Waals surface area contributed by atoms with Crippen molar-refractivity contribution in [3.8, 4) is 11.3 Å². The standard InChI is InChI=1S/C20H18FN5O/c21-16-3-1-13(2-4-16)18-15(9-24-25-18)10-26-7-5-17-19(23-12-22-17)20(26)14-6-8-27-11-14/h1-4,6,8-9,11-12,20H,5,7,10H2,(H,22,23)(H,24,25)/t20-/m0/s1. The van der Waals surface area contributed by atoms with Crippen LogP contribution in [0.4, 0.5) is 4.39 Å². The number of imidazole rings is 1. The highest BCUT2D eigenvalue weighted by Crippen LogP contribution is 2.35. The highest BCUT2D eigenvalue weighted by Gasteiger charge is 2.32. The smallest absolute Gasteiger partial charge is 0.123 e. The van der Waals surface area contributed by atoms with Crippen LogP contribution in [0.25, 0.3) is 11.3 Å². The maximum atomic E-state index is 13.3. The lowest BCUT2D eigenvalue weighted by molar-refractivity contribution is 0.200. The summed E-state index contributed by atoms with van der Waals surface area (Å²) >= 11 is 0. The fraction of sp³-hybridized carbons (Fsp3) is 0.200. The van der Waals surface area contributed by atoms with Crippen molar-refractivity contribution in [3.63, 3.8) is 0 Å². The van der Waals surface area contributed by atoms with Crippen molar-refractivity contribution in [1.82, 2.24) is 25.1 Å². The number of fused-ring (bicyclic) bond motifs is 1. The lowest BCUT2D eigenvalue weighted by Gasteiger charge is -2.34. The third-order valence-corrected chi connectivity index (χ3v) is 5.11. The molecule has 2 N–H and O–H groups in total. The zero-order valence-corrected chi connectivity index (χ0v) is 14.5. The summed E-state index contributed by atoms with van der Waals surface area (Å²) in [6.07, 6.45) is 7.97. The van der Waals surface area contributed by atoms with Gasteiger partial charge < -0.3 is 9.40 Å². The van der Waals surface area contributed by atoms with E-state index >= 15 is 0 Å². The van der Waals surface area contributed by atoms with Crippen LogP contribution in [0.2, 0.25) is 0 Å². The van der Waals surface area contributed by atoms with Gasteiger partial charge in [-0.15, -0.1) is 0 Å². The van der Waals surface area contributed by atoms with Crippen LogP contribution < -0.4 is 0 Å². The number of nitrogens with zero attached hydrogens (tertiary/aromatic N) is 3. The van der Waals surface area contributed by atoms with E-state index in [1.807, 2.05) is 12.3 Å². The molecule has 7 heteroatoms. The summed E-state index contributed by atoms with van der Waals surface area (Å²) in [5, 5.41) is 7.28. The van der Waals surface area contributed by atoms with Crippen LogP contribution in [0.15, 0.2) is 59.8 Å². The molecule has 6 nitrogen and oxygen atoms in total. The minimum Gasteiger partial charge on any atom is -0.472 e. The molecule has 27 heavy (non-hydrogen) atoms. The summed E-state index contributed by atoms with van der Waals surface area (Å²) in [5.41, 5.74) is 6.18. The molecular weight excluding hydrogens is 345 g/mol. The van der Waals surface area contributed by atoms with Crippen molar-refractivity contribution in [2.24, 2.45) is 0 Å². The van der Waals surface area contributed by atoms with Gasteiger partial charge in [0.1, 0.15) is 5.82 Å². The largest absolute Gasteiger partial charge is 0.472 e. The molecule has 3 aromatic heterocycles. The second kappa shape index (κ2) is 6.51. The van der Waals surface area contributed by atoms with E-state index in [4.69, 9.17) is 4.42 Å². The second-order valence-electron chi connectivity index (χ2n) is 6.72. The quantitative estimate of drug-likeness (QED) is 0.580. The molecular formula is C20H18FN5O. The van der Waals surface area contributed by atoms with Crippen LogP contribution >= 0.6 is 0 Å². The first-order chi connectivity index (χ1) is 13.3. The Bertz CT molecular complexity index is 1030. The highest BCUT2D eigenvalue weighted by atomic mass is 19.1. The average Bonchev–Trinajstić information content (AvgIpc) is 3.44. The van der Waals surface area contributed by atoms with Crippen molar-refractivity contribution in [3.05, 3.63) is 83.7 Å². The molecule has 136 valence electrons. The summed E-state index contributed by atoms with van der Waals surface area (Å²) in [7, 11) is 0. The van der Waals surface area contributed by atoms with Crippen molar-refractivity contribution in [2.75, 3.05) is 6.54 Å². The van der Waals surface area contributed by atoms with Crippen molar-refractivity contribution in [2.45, 2.75) is 19.0 Å². The Morgan fingerprint density at radius 3 is 2.93 bits per heavy atom. The number of furan rings is 1. The second-order valence-corrected chi connectivity index (χ2v) is 6.72. The summed E-state index contributed by atoms with van der Waals surface area (Å²) in [6, 6.07) is 8.47. The number of aromatic nitrogens is 4. The normalized spacial score (nSPS) is 17.1. The topological polar surface area (TPSA) is 73.7 Å². The Kier molecular flexibility index (Phi) is 3.86. The molecule has 0 bridgehead atoms. The van der Waals surface area contributed by atoms with E-state index in [0.717, 1.165) is 41.0 Å². The third-order valence-electron chi connectivity index (χ3n) is 5.11. The van der Waals surface area contributed by atoms with Gasteiger partial charge in [-0.05, 0) is 30.3 Å². The number of halogens is 1. The van der Waals surface area contributed by atoms with Gasteiger partial charge in [-0.2, -0.15) is 5.10 Å². The molecule has 0 radical (unpaired) electrons. The van der Waals surface area contributed by atoms with Gasteiger partial charge in [-0.1, -0.05) is 0 Å². The van der Waals surface area contributed by atoms with Crippen LogP contribution in [0.5, 0.6) is 0 Å². The molecule has 1 aliphatic rings. The lowest BCUT2D eigenvalue weighted by atomic mass is 9.96. The van der Waals surface area contributed by atoms with E-state index < -0.39 is 0 Å². The number of hydrogen-bond acceptors (Lipinski definition) is 4. The van der Waals surface area contributed by atoms with E-state index in [9.17, 15) is 4.39 Å². The number of benzene rings is 1. The van der Waals surface area contributed by atoms with Gasteiger partial charge in [0.25, 0.3) is 0 Å². The zero-order valence-electron chi connectivity index (χ0n) is 14.5. The van der Waals surface area contributed by atoms with E-state index in [1.54, 1.807) is 31.0 Å². The van der Waals surface area contributed by atoms with Crippen LogP contribution in [-0.4, -0.2) is 31.6 Å². The van der Waals surface area contributed by atoms with E-state index in [1.165, 1.54) is 17.8 Å². The molecule has 4 heterocycles. The Morgan fingerprint density at radius 1 is 1.22 bits per heavy atom. The molecule has 0 saturated heterocycles. The van der Waals surface area contributed by atoms with Crippen molar-refractivity contribution >= 4 is 0 Å². The Labute approximate surface area is 155 Å². The van der Waals surface area contributed by atoms with Gasteiger partial charge in [0, 0.05) is 41.9 Å². The van der Waals surface area contributed by atoms with Gasteiger partial charge >= 0.3 is 0 Å². The monoisotopic (exact) mass is 363 g/mol. The molecule has 5 rings (SSSR count). The maximum absolute atomic E-state index is 13.3. The number of H-pyrrole nitrogens is 2. The van der Waals surface area contributed by atoms with Gasteiger partial charge in [-0.25, -0.2) is 9.37 Å². The summed E-state index contributed by atoms with van der Waals surface area (Å²) in [5.74, 6) is -0.248. The first-order valence-electron chi connectivity index (χ1n) is 8.86. The molecule has 1 atom stereocenters. The Morgan fingerprint density at radius 2 is 2.11 bits per heavy atom. The van der Waals surface area contributed by atoms with Gasteiger partial charge in [0.15, 0.2) is 0 Å². The molecule has 0 aliphatic carbocycles. The molecule has 0 unspecified atom stereocenters. The fourth-order valence-corrected chi connectivity index (χ4v) is 3.81. The Hall–Kier alpha value is -3.19. The summed E-state index contributed by atoms with van der Waals surface area (Å²) in [4.78, 5) is 10.2. The summed E-state index contributed by atoms with van der Waals surface area (Å²) in [6.45, 7) is 1.59. The average molecular weight is 363 g/mol. The van der Waals surface area contributed by atoms with E-state index in [-0.39, 0.29) is 11.9 Å². The molecule has 0 spiro atoms. The van der Waals surface area contributed by atoms with Gasteiger partial charge in [0.2, 0.25) is 0 Å². The minimum absolute atomic E-state index is 0.0229. The van der Waals surface area contributed by atoms with E-state index in [2.05, 4.69) is 25.1 Å². The number of nitrogens with one attached hydrogen (secondary N) is 2. The number of aromatic amines is 2. The van der Waals surface area contributed by atoms with Crippen molar-refractivity contribution < 1.29 is 8.81 Å². The Balaban J connectivity index is 1.49. The van der Waals surface area contributed by atoms with Crippen LogP contribution in [-0.2, 0) is 13.0 Å². The molecule has 0 saturated carbocycles. The lowest BCUT2D eigenvalue weighted by Crippen LogP contribution is -2.35. The van der Waals surface area contributed by atoms with Gasteiger partial charge in [0.05, 0.1) is 42.5 Å². The van der Waals surface area contributed by atoms with Gasteiger partial charge in [-0.3, -0.25) is 10.00 Å². The molecule has 4 aromatic rings. The fourth-order valence-electron chi connectivity index (χ4n) is 3.81. The predicted molar refractivity (Wildman–Crippen MR) is 97.2 cm³/mol. The third kappa shape index (κ3) is 2.86. The maximum Gasteiger partial charge on any atom is 0.123 e. The molecule has 1 aromatic carbocycles. The van der Waals surface area contributed by atoms with Crippen LogP contribution in [0.3, 0.4) is 0 Å². The first kappa shape index (κ1) is 16.0. The number of rotatable bonds is 4. The zero-order chi connectivity index (χ0) is 18.2. The molecule has 0 amide bonds. The van der Waals surface area contributed by atoms with E-state index in [0.29, 0.717) is 6.54 Å². The first-order valence-corrected chi connectivity index (χ1v) is 8.86. The predicted octanol–water partition coefficient (Wildman–Crippen LogP) is 3.68. The van der Waals surface area contributed by atoms with Crippen LogP contribution in [0, 0.1) is 5.82 Å². The number of hydrogen-bond donors (Lipinski definition) is 2. The summed E-state index contributed by atoms with van der Waals surface area (Å²) < 4.78 is 18.6. The van der Waals surface area contributed by atoms with Crippen molar-refractivity contribution in [1.29, 1.82) is 0 Å². The SMILES string of the molecule is Fc1ccc(-c2[nH]ncc2CN2CCc3[nH]cnc3[C@@H]2c2ccoc2)cc1. The molecule has 0 fully saturated rings. The highest BCUT2D eigenvalue weighted by molar-refractivity contribution is 5.62. The minimum atomic E-state index is -0.248. The molecule has 1 aliphatic heterocycles. The van der Waals surface area contributed by atoms with Crippen LogP contribution in [0.1, 0.15) is 28.6 Å².